The zero-order valence-electron chi connectivity index (χ0n) is 16.6. The van der Waals surface area contributed by atoms with E-state index >= 15 is 0 Å². The summed E-state index contributed by atoms with van der Waals surface area (Å²) in [6.07, 6.45) is 3.82. The number of aryl methyl sites for hydroxylation is 1. The summed E-state index contributed by atoms with van der Waals surface area (Å²) in [5, 5.41) is 5.85. The lowest BCUT2D eigenvalue weighted by Gasteiger charge is -2.31. The van der Waals surface area contributed by atoms with Gasteiger partial charge in [0.1, 0.15) is 11.6 Å². The fraction of sp³-hybridized carbons (Fsp3) is 0.571. The number of benzene rings is 1. The molecule has 0 bridgehead atoms. The van der Waals surface area contributed by atoms with Crippen LogP contribution >= 0.6 is 0 Å². The first-order valence-electron chi connectivity index (χ1n) is 9.68. The van der Waals surface area contributed by atoms with Gasteiger partial charge in [-0.1, -0.05) is 37.1 Å². The zero-order chi connectivity index (χ0) is 19.8. The van der Waals surface area contributed by atoms with Gasteiger partial charge in [0.25, 0.3) is 5.91 Å². The number of imide groups is 1. The highest BCUT2D eigenvalue weighted by Gasteiger charge is 2.54. The van der Waals surface area contributed by atoms with Crippen LogP contribution < -0.4 is 10.6 Å². The van der Waals surface area contributed by atoms with Crippen LogP contribution in [0.3, 0.4) is 0 Å². The Morgan fingerprint density at radius 1 is 1.26 bits per heavy atom. The molecule has 6 heteroatoms. The molecule has 2 aliphatic rings. The number of hydrogen-bond donors (Lipinski definition) is 2. The molecule has 1 aliphatic carbocycles. The number of amides is 4. The molecule has 4 amide bonds. The number of hydrogen-bond acceptors (Lipinski definition) is 3. The van der Waals surface area contributed by atoms with E-state index in [4.69, 9.17) is 0 Å². The second-order valence-electron chi connectivity index (χ2n) is 8.55. The lowest BCUT2D eigenvalue weighted by atomic mass is 9.92. The standard InChI is InChI=1S/C21H29N3O3/c1-14-9-5-6-10-16(14)13-20(3,4)22-17(25)15(2)24-18(26)21(23-19(24)27)11-7-8-12-21/h5-6,9-10,15H,7-8,11-13H2,1-4H3,(H,22,25)(H,23,27). The fourth-order valence-corrected chi connectivity index (χ4v) is 4.19. The van der Waals surface area contributed by atoms with E-state index < -0.39 is 23.2 Å². The van der Waals surface area contributed by atoms with Crippen LogP contribution in [0.5, 0.6) is 0 Å². The molecule has 1 aliphatic heterocycles. The van der Waals surface area contributed by atoms with E-state index in [9.17, 15) is 14.4 Å². The van der Waals surface area contributed by atoms with Crippen molar-refractivity contribution in [1.29, 1.82) is 0 Å². The van der Waals surface area contributed by atoms with Gasteiger partial charge in [-0.25, -0.2) is 9.69 Å². The first-order valence-corrected chi connectivity index (χ1v) is 9.68. The highest BCUT2D eigenvalue weighted by Crippen LogP contribution is 2.35. The van der Waals surface area contributed by atoms with Crippen LogP contribution in [-0.4, -0.2) is 39.9 Å². The molecular weight excluding hydrogens is 342 g/mol. The predicted octanol–water partition coefficient (Wildman–Crippen LogP) is 2.69. The number of rotatable bonds is 5. The lowest BCUT2D eigenvalue weighted by Crippen LogP contribution is -2.55. The number of carbonyl (C=O) groups is 3. The van der Waals surface area contributed by atoms with Crippen LogP contribution in [0.1, 0.15) is 57.6 Å². The van der Waals surface area contributed by atoms with Gasteiger partial charge in [-0.2, -0.15) is 0 Å². The van der Waals surface area contributed by atoms with Crippen molar-refractivity contribution in [3.63, 3.8) is 0 Å². The smallest absolute Gasteiger partial charge is 0.325 e. The van der Waals surface area contributed by atoms with Crippen molar-refractivity contribution in [2.75, 3.05) is 0 Å². The monoisotopic (exact) mass is 371 g/mol. The molecule has 1 heterocycles. The van der Waals surface area contributed by atoms with Crippen LogP contribution in [0, 0.1) is 6.92 Å². The molecule has 1 atom stereocenters. The van der Waals surface area contributed by atoms with E-state index in [1.807, 2.05) is 45.0 Å². The molecule has 1 unspecified atom stereocenters. The number of nitrogens with zero attached hydrogens (tertiary/aromatic N) is 1. The Bertz CT molecular complexity index is 766. The van der Waals surface area contributed by atoms with Crippen LogP contribution in [0.25, 0.3) is 0 Å². The van der Waals surface area contributed by atoms with Gasteiger partial charge in [-0.05, 0) is 58.1 Å². The van der Waals surface area contributed by atoms with Crippen molar-refractivity contribution >= 4 is 17.8 Å². The fourth-order valence-electron chi connectivity index (χ4n) is 4.19. The number of carbonyl (C=O) groups excluding carboxylic acids is 3. The normalized spacial score (nSPS) is 20.1. The highest BCUT2D eigenvalue weighted by atomic mass is 16.2. The molecule has 1 saturated carbocycles. The molecule has 1 aromatic carbocycles. The van der Waals surface area contributed by atoms with E-state index in [-0.39, 0.29) is 11.8 Å². The van der Waals surface area contributed by atoms with E-state index in [0.717, 1.165) is 23.3 Å². The molecule has 0 aromatic heterocycles. The van der Waals surface area contributed by atoms with Crippen molar-refractivity contribution in [1.82, 2.24) is 15.5 Å². The molecule has 2 N–H and O–H groups in total. The summed E-state index contributed by atoms with van der Waals surface area (Å²) < 4.78 is 0. The van der Waals surface area contributed by atoms with Crippen molar-refractivity contribution in [2.45, 2.75) is 76.9 Å². The third-order valence-electron chi connectivity index (χ3n) is 5.77. The summed E-state index contributed by atoms with van der Waals surface area (Å²) in [6.45, 7) is 7.57. The average molecular weight is 371 g/mol. The molecule has 0 radical (unpaired) electrons. The molecule has 1 saturated heterocycles. The Morgan fingerprint density at radius 3 is 2.52 bits per heavy atom. The minimum absolute atomic E-state index is 0.260. The topological polar surface area (TPSA) is 78.5 Å². The number of nitrogens with one attached hydrogen (secondary N) is 2. The van der Waals surface area contributed by atoms with E-state index in [0.29, 0.717) is 19.3 Å². The molecule has 27 heavy (non-hydrogen) atoms. The quantitative estimate of drug-likeness (QED) is 0.781. The van der Waals surface area contributed by atoms with Gasteiger partial charge in [0.15, 0.2) is 0 Å². The molecule has 2 fully saturated rings. The van der Waals surface area contributed by atoms with Gasteiger partial charge in [0.05, 0.1) is 0 Å². The lowest BCUT2D eigenvalue weighted by molar-refractivity contribution is -0.138. The minimum Gasteiger partial charge on any atom is -0.349 e. The van der Waals surface area contributed by atoms with Gasteiger partial charge < -0.3 is 10.6 Å². The predicted molar refractivity (Wildman–Crippen MR) is 103 cm³/mol. The summed E-state index contributed by atoms with van der Waals surface area (Å²) in [7, 11) is 0. The Balaban J connectivity index is 1.69. The van der Waals surface area contributed by atoms with Crippen LogP contribution in [0.4, 0.5) is 4.79 Å². The third-order valence-corrected chi connectivity index (χ3v) is 5.77. The second kappa shape index (κ2) is 6.98. The van der Waals surface area contributed by atoms with E-state index in [2.05, 4.69) is 10.6 Å². The first kappa shape index (κ1) is 19.4. The highest BCUT2D eigenvalue weighted by molar-refractivity contribution is 6.10. The summed E-state index contributed by atoms with van der Waals surface area (Å²) in [4.78, 5) is 39.2. The average Bonchev–Trinajstić information content (AvgIpc) is 3.14. The van der Waals surface area contributed by atoms with E-state index in [1.165, 1.54) is 5.56 Å². The SMILES string of the molecule is Cc1ccccc1CC(C)(C)NC(=O)C(C)N1C(=O)NC2(CCCC2)C1=O. The van der Waals surface area contributed by atoms with Crippen molar-refractivity contribution in [3.05, 3.63) is 35.4 Å². The molecular formula is C21H29N3O3. The maximum atomic E-state index is 12.8. The number of urea groups is 1. The van der Waals surface area contributed by atoms with Gasteiger partial charge >= 0.3 is 6.03 Å². The Hall–Kier alpha value is -2.37. The van der Waals surface area contributed by atoms with Crippen molar-refractivity contribution in [3.8, 4) is 0 Å². The molecule has 6 nitrogen and oxygen atoms in total. The summed E-state index contributed by atoms with van der Waals surface area (Å²) in [5.74, 6) is -0.573. The molecule has 1 aromatic rings. The summed E-state index contributed by atoms with van der Waals surface area (Å²) >= 11 is 0. The summed E-state index contributed by atoms with van der Waals surface area (Å²) in [5.41, 5.74) is 1.05. The van der Waals surface area contributed by atoms with Crippen LogP contribution in [-0.2, 0) is 16.0 Å². The van der Waals surface area contributed by atoms with Crippen molar-refractivity contribution < 1.29 is 14.4 Å². The van der Waals surface area contributed by atoms with E-state index in [1.54, 1.807) is 6.92 Å². The maximum absolute atomic E-state index is 12.8. The molecule has 146 valence electrons. The van der Waals surface area contributed by atoms with Crippen molar-refractivity contribution in [2.24, 2.45) is 0 Å². The third kappa shape index (κ3) is 3.70. The second-order valence-corrected chi connectivity index (χ2v) is 8.55. The van der Waals surface area contributed by atoms with Crippen LogP contribution in [0.2, 0.25) is 0 Å². The van der Waals surface area contributed by atoms with Gasteiger partial charge in [-0.3, -0.25) is 9.59 Å². The molecule has 3 rings (SSSR count). The Labute approximate surface area is 160 Å². The van der Waals surface area contributed by atoms with Crippen LogP contribution in [0.15, 0.2) is 24.3 Å². The Kier molecular flexibility index (Phi) is 5.02. The maximum Gasteiger partial charge on any atom is 0.325 e. The van der Waals surface area contributed by atoms with Gasteiger partial charge in [0.2, 0.25) is 5.91 Å². The summed E-state index contributed by atoms with van der Waals surface area (Å²) in [6, 6.07) is 6.77. The van der Waals surface area contributed by atoms with Gasteiger partial charge in [-0.15, -0.1) is 0 Å². The van der Waals surface area contributed by atoms with Gasteiger partial charge in [0, 0.05) is 5.54 Å². The first-order chi connectivity index (χ1) is 12.7. The minimum atomic E-state index is -0.839. The zero-order valence-corrected chi connectivity index (χ0v) is 16.6. The largest absolute Gasteiger partial charge is 0.349 e. The molecule has 1 spiro atoms. The Morgan fingerprint density at radius 2 is 1.89 bits per heavy atom.